The summed E-state index contributed by atoms with van der Waals surface area (Å²) in [5.74, 6) is -2.92. The molecule has 1 aliphatic carbocycles. The number of benzene rings is 2. The Kier molecular flexibility index (Phi) is 6.50. The number of nitrogens with zero attached hydrogens (tertiary/aromatic N) is 1. The third kappa shape index (κ3) is 5.11. The zero-order chi connectivity index (χ0) is 24.9. The Morgan fingerprint density at radius 2 is 1.82 bits per heavy atom. The smallest absolute Gasteiger partial charge is 0.417 e. The SMILES string of the molecule is CC(C)(C)Cn1cc(CN[S+]([O-])C2CCC2(F)F)c2ccc(-c3ccccc3C(F)(F)F)cc21. The Hall–Kier alpha value is -2.10. The Balaban J connectivity index is 1.71. The molecule has 2 aromatic carbocycles. The third-order valence-corrected chi connectivity index (χ3v) is 7.55. The fourth-order valence-electron chi connectivity index (χ4n) is 4.29. The van der Waals surface area contributed by atoms with Crippen molar-refractivity contribution in [3.63, 3.8) is 0 Å². The maximum Gasteiger partial charge on any atom is 0.417 e. The average Bonchev–Trinajstić information content (AvgIpc) is 3.06. The minimum atomic E-state index is -4.48. The summed E-state index contributed by atoms with van der Waals surface area (Å²) >= 11 is -1.88. The summed E-state index contributed by atoms with van der Waals surface area (Å²) in [6.45, 7) is 6.86. The fraction of sp³-hybridized carbons (Fsp3) is 0.440. The van der Waals surface area contributed by atoms with Crippen molar-refractivity contribution in [1.29, 1.82) is 0 Å². The summed E-state index contributed by atoms with van der Waals surface area (Å²) < 4.78 is 85.1. The Morgan fingerprint density at radius 3 is 2.41 bits per heavy atom. The highest BCUT2D eigenvalue weighted by atomic mass is 32.2. The number of halogens is 5. The highest BCUT2D eigenvalue weighted by Crippen LogP contribution is 2.42. The molecule has 2 unspecified atom stereocenters. The maximum absolute atomic E-state index is 13.6. The van der Waals surface area contributed by atoms with Crippen molar-refractivity contribution in [3.8, 4) is 11.1 Å². The molecule has 34 heavy (non-hydrogen) atoms. The molecule has 4 rings (SSSR count). The van der Waals surface area contributed by atoms with E-state index >= 15 is 0 Å². The molecule has 1 N–H and O–H groups in total. The van der Waals surface area contributed by atoms with E-state index in [2.05, 4.69) is 4.72 Å². The van der Waals surface area contributed by atoms with E-state index in [4.69, 9.17) is 0 Å². The van der Waals surface area contributed by atoms with Gasteiger partial charge in [0.05, 0.1) is 12.1 Å². The highest BCUT2D eigenvalue weighted by molar-refractivity contribution is 7.90. The van der Waals surface area contributed by atoms with Crippen LogP contribution < -0.4 is 4.72 Å². The molecular formula is C25H27F5N2OS. The standard InChI is InChI=1S/C25H27F5N2OS/c1-23(2,3)15-32-14-17(13-31-34(33)22-10-11-24(22,26)27)19-9-8-16(12-21(19)32)18-6-4-5-7-20(18)25(28,29)30/h4-9,12,14,22,31H,10-11,13,15H2,1-3H3. The lowest BCUT2D eigenvalue weighted by Crippen LogP contribution is -2.52. The molecule has 0 spiro atoms. The van der Waals surface area contributed by atoms with Gasteiger partial charge in [-0.05, 0) is 34.2 Å². The monoisotopic (exact) mass is 498 g/mol. The third-order valence-electron chi connectivity index (χ3n) is 6.03. The van der Waals surface area contributed by atoms with Crippen LogP contribution in [0.2, 0.25) is 0 Å². The molecule has 1 aliphatic rings. The van der Waals surface area contributed by atoms with Crippen LogP contribution >= 0.6 is 0 Å². The molecule has 1 heterocycles. The summed E-state index contributed by atoms with van der Waals surface area (Å²) in [4.78, 5) is 0. The van der Waals surface area contributed by atoms with Crippen LogP contribution in [0.1, 0.15) is 44.7 Å². The molecule has 0 saturated heterocycles. The largest absolute Gasteiger partial charge is 0.598 e. The van der Waals surface area contributed by atoms with Gasteiger partial charge in [-0.2, -0.15) is 13.2 Å². The number of rotatable bonds is 6. The van der Waals surface area contributed by atoms with Crippen LogP contribution in [-0.4, -0.2) is 20.3 Å². The molecule has 1 fully saturated rings. The topological polar surface area (TPSA) is 40.0 Å². The van der Waals surface area contributed by atoms with Gasteiger partial charge in [-0.3, -0.25) is 0 Å². The Bertz CT molecular complexity index is 1180. The first-order valence-corrected chi connectivity index (χ1v) is 12.3. The number of aromatic nitrogens is 1. The van der Waals surface area contributed by atoms with E-state index in [9.17, 15) is 26.5 Å². The van der Waals surface area contributed by atoms with E-state index in [1.165, 1.54) is 12.1 Å². The molecule has 184 valence electrons. The average molecular weight is 499 g/mol. The number of alkyl halides is 5. The molecule has 0 amide bonds. The van der Waals surface area contributed by atoms with Crippen LogP contribution in [0.15, 0.2) is 48.7 Å². The first kappa shape index (κ1) is 25.0. The van der Waals surface area contributed by atoms with E-state index in [-0.39, 0.29) is 30.4 Å². The van der Waals surface area contributed by atoms with Crippen LogP contribution in [0.4, 0.5) is 22.0 Å². The summed E-state index contributed by atoms with van der Waals surface area (Å²) in [5, 5.41) is -0.414. The first-order chi connectivity index (χ1) is 15.8. The summed E-state index contributed by atoms with van der Waals surface area (Å²) in [5.41, 5.74) is 1.20. The lowest BCUT2D eigenvalue weighted by Gasteiger charge is -2.35. The van der Waals surface area contributed by atoms with Crippen LogP contribution in [0.3, 0.4) is 0 Å². The van der Waals surface area contributed by atoms with Crippen LogP contribution in [-0.2, 0) is 30.6 Å². The van der Waals surface area contributed by atoms with Gasteiger partial charge in [0.25, 0.3) is 5.92 Å². The summed E-state index contributed by atoms with van der Waals surface area (Å²) in [6.07, 6.45) is -2.67. The summed E-state index contributed by atoms with van der Waals surface area (Å²) in [6, 6.07) is 10.6. The van der Waals surface area contributed by atoms with Gasteiger partial charge in [0, 0.05) is 47.8 Å². The lowest BCUT2D eigenvalue weighted by molar-refractivity contribution is -0.137. The van der Waals surface area contributed by atoms with Crippen LogP contribution in [0.25, 0.3) is 22.0 Å². The zero-order valence-corrected chi connectivity index (χ0v) is 20.0. The second-order valence-electron chi connectivity index (χ2n) is 10.0. The molecule has 3 nitrogen and oxygen atoms in total. The minimum Gasteiger partial charge on any atom is -0.598 e. The van der Waals surface area contributed by atoms with Crippen molar-refractivity contribution in [2.45, 2.75) is 64.1 Å². The summed E-state index contributed by atoms with van der Waals surface area (Å²) in [7, 11) is 0. The Labute approximate surface area is 198 Å². The molecular weight excluding hydrogens is 471 g/mol. The van der Waals surface area contributed by atoms with E-state index in [0.717, 1.165) is 22.5 Å². The molecule has 1 aromatic heterocycles. The number of hydrogen-bond acceptors (Lipinski definition) is 2. The van der Waals surface area contributed by atoms with Gasteiger partial charge in [0.2, 0.25) is 0 Å². The van der Waals surface area contributed by atoms with Gasteiger partial charge in [-0.15, -0.1) is 4.72 Å². The lowest BCUT2D eigenvalue weighted by atomic mass is 9.94. The fourth-order valence-corrected chi connectivity index (χ4v) is 5.56. The minimum absolute atomic E-state index is 0.0911. The second kappa shape index (κ2) is 8.84. The molecule has 1 saturated carbocycles. The number of nitrogens with one attached hydrogen (secondary N) is 1. The number of fused-ring (bicyclic) bond motifs is 1. The van der Waals surface area contributed by atoms with Crippen molar-refractivity contribution in [1.82, 2.24) is 9.29 Å². The van der Waals surface area contributed by atoms with Crippen molar-refractivity contribution in [2.24, 2.45) is 5.41 Å². The van der Waals surface area contributed by atoms with Gasteiger partial charge >= 0.3 is 6.18 Å². The quantitative estimate of drug-likeness (QED) is 0.296. The molecule has 2 atom stereocenters. The molecule has 0 bridgehead atoms. The van der Waals surface area contributed by atoms with Gasteiger partial charge in [-0.1, -0.05) is 51.1 Å². The maximum atomic E-state index is 13.6. The van der Waals surface area contributed by atoms with E-state index in [0.29, 0.717) is 12.1 Å². The van der Waals surface area contributed by atoms with Crippen molar-refractivity contribution >= 4 is 22.3 Å². The predicted molar refractivity (Wildman–Crippen MR) is 125 cm³/mol. The van der Waals surface area contributed by atoms with Crippen LogP contribution in [0.5, 0.6) is 0 Å². The van der Waals surface area contributed by atoms with Gasteiger partial charge in [0.15, 0.2) is 5.25 Å². The predicted octanol–water partition coefficient (Wildman–Crippen LogP) is 6.92. The molecule has 0 radical (unpaired) electrons. The molecule has 3 aromatic rings. The van der Waals surface area contributed by atoms with Crippen molar-refractivity contribution in [2.75, 3.05) is 0 Å². The first-order valence-electron chi connectivity index (χ1n) is 11.1. The van der Waals surface area contributed by atoms with Gasteiger partial charge in [0.1, 0.15) is 0 Å². The second-order valence-corrected chi connectivity index (χ2v) is 11.5. The van der Waals surface area contributed by atoms with Crippen LogP contribution in [0, 0.1) is 5.41 Å². The van der Waals surface area contributed by atoms with E-state index in [1.54, 1.807) is 24.3 Å². The van der Waals surface area contributed by atoms with E-state index < -0.39 is 34.3 Å². The van der Waals surface area contributed by atoms with Crippen molar-refractivity contribution in [3.05, 3.63) is 59.8 Å². The van der Waals surface area contributed by atoms with E-state index in [1.807, 2.05) is 31.5 Å². The molecule has 0 aliphatic heterocycles. The van der Waals surface area contributed by atoms with Gasteiger partial charge in [-0.25, -0.2) is 8.78 Å². The van der Waals surface area contributed by atoms with Gasteiger partial charge < -0.3 is 9.12 Å². The normalized spacial score (nSPS) is 19.3. The number of hydrogen-bond donors (Lipinski definition) is 1. The zero-order valence-electron chi connectivity index (χ0n) is 19.2. The Morgan fingerprint density at radius 1 is 1.12 bits per heavy atom. The molecule has 9 heteroatoms. The van der Waals surface area contributed by atoms with Crippen molar-refractivity contribution < 1.29 is 26.5 Å². The highest BCUT2D eigenvalue weighted by Gasteiger charge is 2.56.